The zero-order valence-corrected chi connectivity index (χ0v) is 13.6. The van der Waals surface area contributed by atoms with E-state index in [0.717, 1.165) is 0 Å². The van der Waals surface area contributed by atoms with Gasteiger partial charge in [-0.1, -0.05) is 6.92 Å². The van der Waals surface area contributed by atoms with E-state index < -0.39 is 11.7 Å². The molecule has 1 aliphatic rings. The minimum absolute atomic E-state index is 0.0210. The lowest BCUT2D eigenvalue weighted by Gasteiger charge is -2.32. The zero-order chi connectivity index (χ0) is 16.2. The first-order valence-electron chi connectivity index (χ1n) is 7.45. The summed E-state index contributed by atoms with van der Waals surface area (Å²) in [5, 5.41) is 20.2. The number of hydrogen-bond donors (Lipinski definition) is 3. The molecule has 1 amide bonds. The van der Waals surface area contributed by atoms with Gasteiger partial charge in [0.1, 0.15) is 5.60 Å². The van der Waals surface area contributed by atoms with Crippen molar-refractivity contribution in [2.75, 3.05) is 13.2 Å². The molecule has 0 aliphatic carbocycles. The Morgan fingerprint density at radius 3 is 2.57 bits per heavy atom. The number of nitrogens with one attached hydrogen (secondary N) is 2. The Bertz CT molecular complexity index is 378. The highest BCUT2D eigenvalue weighted by Crippen LogP contribution is 2.28. The Balaban J connectivity index is 2.84. The van der Waals surface area contributed by atoms with Crippen LogP contribution in [0.25, 0.3) is 0 Å². The number of amides is 1. The number of carbonyl (C=O) groups is 1. The van der Waals surface area contributed by atoms with Crippen LogP contribution in [0, 0.1) is 17.2 Å². The lowest BCUT2D eigenvalue weighted by Crippen LogP contribution is -2.48. The van der Waals surface area contributed by atoms with Crippen LogP contribution in [0.1, 0.15) is 41.0 Å². The second-order valence-corrected chi connectivity index (χ2v) is 6.69. The average molecular weight is 300 g/mol. The average Bonchev–Trinajstić information content (AvgIpc) is 2.47. The van der Waals surface area contributed by atoms with Crippen molar-refractivity contribution in [1.29, 1.82) is 5.41 Å². The number of aliphatic hydroxyl groups excluding tert-OH is 1. The van der Waals surface area contributed by atoms with Gasteiger partial charge in [-0.15, -0.1) is 0 Å². The number of ether oxygens (including phenoxy) is 2. The third kappa shape index (κ3) is 5.28. The number of hydrogen-bond acceptors (Lipinski definition) is 5. The predicted octanol–water partition coefficient (Wildman–Crippen LogP) is 1.95. The molecule has 0 bridgehead atoms. The van der Waals surface area contributed by atoms with Crippen LogP contribution in [-0.4, -0.2) is 47.9 Å². The van der Waals surface area contributed by atoms with Gasteiger partial charge in [0.15, 0.2) is 0 Å². The molecule has 3 N–H and O–H groups in total. The maximum Gasteiger partial charge on any atom is 0.407 e. The van der Waals surface area contributed by atoms with E-state index in [9.17, 15) is 9.90 Å². The van der Waals surface area contributed by atoms with Gasteiger partial charge in [-0.3, -0.25) is 0 Å². The van der Waals surface area contributed by atoms with Crippen molar-refractivity contribution >= 4 is 11.8 Å². The maximum absolute atomic E-state index is 12.0. The van der Waals surface area contributed by atoms with Gasteiger partial charge in [0.05, 0.1) is 12.7 Å². The number of alkyl carbamates (subject to hydrolysis) is 1. The van der Waals surface area contributed by atoms with Gasteiger partial charge in [-0.2, -0.15) is 0 Å². The maximum atomic E-state index is 12.0. The summed E-state index contributed by atoms with van der Waals surface area (Å²) in [5.74, 6) is -0.216. The van der Waals surface area contributed by atoms with Crippen molar-refractivity contribution in [3.05, 3.63) is 0 Å². The molecule has 0 spiro atoms. The fourth-order valence-corrected chi connectivity index (χ4v) is 2.66. The van der Waals surface area contributed by atoms with Crippen molar-refractivity contribution < 1.29 is 19.4 Å². The number of carbonyl (C=O) groups excluding carboxylic acids is 1. The van der Waals surface area contributed by atoms with E-state index in [0.29, 0.717) is 13.0 Å². The highest BCUT2D eigenvalue weighted by molar-refractivity contribution is 5.86. The van der Waals surface area contributed by atoms with E-state index in [2.05, 4.69) is 5.32 Å². The Hall–Kier alpha value is -1.14. The molecule has 0 aromatic heterocycles. The van der Waals surface area contributed by atoms with Gasteiger partial charge in [-0.25, -0.2) is 4.79 Å². The van der Waals surface area contributed by atoms with Crippen molar-refractivity contribution in [1.82, 2.24) is 5.32 Å². The van der Waals surface area contributed by atoms with Gasteiger partial charge >= 0.3 is 6.09 Å². The predicted molar refractivity (Wildman–Crippen MR) is 80.7 cm³/mol. The molecule has 1 saturated heterocycles. The standard InChI is InChI=1S/C15H28N2O4/c1-9-10(2)20-7-6-12(13(9)11(16)8-18)17-14(19)21-15(3,4)5/h9-10,12-13,16,18H,6-8H2,1-5H3,(H,17,19)/t9-,10+,12?,13+/m1/s1. The summed E-state index contributed by atoms with van der Waals surface area (Å²) in [4.78, 5) is 12.0. The third-order valence-electron chi connectivity index (χ3n) is 3.82. The topological polar surface area (TPSA) is 91.6 Å². The van der Waals surface area contributed by atoms with Crippen LogP contribution in [0.5, 0.6) is 0 Å². The van der Waals surface area contributed by atoms with E-state index in [1.807, 2.05) is 13.8 Å². The van der Waals surface area contributed by atoms with Crippen molar-refractivity contribution in [2.45, 2.75) is 58.8 Å². The minimum Gasteiger partial charge on any atom is -0.444 e. The van der Waals surface area contributed by atoms with Crippen LogP contribution >= 0.6 is 0 Å². The molecule has 0 radical (unpaired) electrons. The highest BCUT2D eigenvalue weighted by atomic mass is 16.6. The SMILES string of the molecule is C[C@@H]1[C@H](C)OCCC(NC(=O)OC(C)(C)C)[C@@H]1C(=N)CO. The first kappa shape index (κ1) is 17.9. The third-order valence-corrected chi connectivity index (χ3v) is 3.82. The fraction of sp³-hybridized carbons (Fsp3) is 0.867. The van der Waals surface area contributed by atoms with Crippen molar-refractivity contribution in [2.24, 2.45) is 11.8 Å². The van der Waals surface area contributed by atoms with E-state index in [1.165, 1.54) is 0 Å². The van der Waals surface area contributed by atoms with E-state index >= 15 is 0 Å². The first-order chi connectivity index (χ1) is 9.65. The van der Waals surface area contributed by atoms with Crippen LogP contribution in [0.2, 0.25) is 0 Å². The van der Waals surface area contributed by atoms with Gasteiger partial charge in [0.2, 0.25) is 0 Å². The van der Waals surface area contributed by atoms with Crippen LogP contribution < -0.4 is 5.32 Å². The Labute approximate surface area is 126 Å². The summed E-state index contributed by atoms with van der Waals surface area (Å²) < 4.78 is 11.0. The monoisotopic (exact) mass is 300 g/mol. The molecule has 6 nitrogen and oxygen atoms in total. The molecule has 21 heavy (non-hydrogen) atoms. The highest BCUT2D eigenvalue weighted by Gasteiger charge is 2.37. The van der Waals surface area contributed by atoms with Crippen LogP contribution in [0.4, 0.5) is 4.79 Å². The molecule has 0 aromatic carbocycles. The molecule has 1 fully saturated rings. The van der Waals surface area contributed by atoms with Crippen LogP contribution in [0.3, 0.4) is 0 Å². The molecule has 4 atom stereocenters. The summed E-state index contributed by atoms with van der Waals surface area (Å²) in [7, 11) is 0. The van der Waals surface area contributed by atoms with Gasteiger partial charge < -0.3 is 25.3 Å². The van der Waals surface area contributed by atoms with Crippen LogP contribution in [-0.2, 0) is 9.47 Å². The van der Waals surface area contributed by atoms with Gasteiger partial charge in [0.25, 0.3) is 0 Å². The summed E-state index contributed by atoms with van der Waals surface area (Å²) in [6.07, 6.45) is 0.0818. The molecular weight excluding hydrogens is 272 g/mol. The van der Waals surface area contributed by atoms with Gasteiger partial charge in [0, 0.05) is 24.3 Å². The second-order valence-electron chi connectivity index (χ2n) is 6.69. The lowest BCUT2D eigenvalue weighted by atomic mass is 9.80. The quantitative estimate of drug-likeness (QED) is 0.695. The van der Waals surface area contributed by atoms with Gasteiger partial charge in [-0.05, 0) is 40.0 Å². The molecular formula is C15H28N2O4. The molecule has 122 valence electrons. The second kappa shape index (κ2) is 7.22. The smallest absolute Gasteiger partial charge is 0.407 e. The molecule has 1 aliphatic heterocycles. The Morgan fingerprint density at radius 2 is 2.05 bits per heavy atom. The van der Waals surface area contributed by atoms with E-state index in [1.54, 1.807) is 20.8 Å². The molecule has 0 saturated carbocycles. The van der Waals surface area contributed by atoms with Crippen molar-refractivity contribution in [3.8, 4) is 0 Å². The van der Waals surface area contributed by atoms with Crippen LogP contribution in [0.15, 0.2) is 0 Å². The van der Waals surface area contributed by atoms with E-state index in [-0.39, 0.29) is 36.3 Å². The first-order valence-corrected chi connectivity index (χ1v) is 7.45. The molecule has 6 heteroatoms. The molecule has 1 heterocycles. The Morgan fingerprint density at radius 1 is 1.43 bits per heavy atom. The normalized spacial score (nSPS) is 30.4. The van der Waals surface area contributed by atoms with E-state index in [4.69, 9.17) is 14.9 Å². The number of rotatable bonds is 3. The number of aliphatic hydroxyl groups is 1. The molecule has 0 aromatic rings. The zero-order valence-electron chi connectivity index (χ0n) is 13.6. The Kier molecular flexibility index (Phi) is 6.16. The molecule has 1 rings (SSSR count). The minimum atomic E-state index is -0.565. The lowest BCUT2D eigenvalue weighted by molar-refractivity contribution is 0.0391. The summed E-state index contributed by atoms with van der Waals surface area (Å²) >= 11 is 0. The largest absolute Gasteiger partial charge is 0.444 e. The van der Waals surface area contributed by atoms with Crippen molar-refractivity contribution in [3.63, 3.8) is 0 Å². The summed E-state index contributed by atoms with van der Waals surface area (Å²) in [6, 6.07) is -0.264. The summed E-state index contributed by atoms with van der Waals surface area (Å²) in [5.41, 5.74) is -0.342. The summed E-state index contributed by atoms with van der Waals surface area (Å²) in [6.45, 7) is 9.56. The molecule has 1 unspecified atom stereocenters. The fourth-order valence-electron chi connectivity index (χ4n) is 2.66.